The second kappa shape index (κ2) is 9.82. The average Bonchev–Trinajstić information content (AvgIpc) is 3.15. The normalized spacial score (nSPS) is 20.7. The summed E-state index contributed by atoms with van der Waals surface area (Å²) in [6, 6.07) is 2.37. The lowest BCUT2D eigenvalue weighted by molar-refractivity contribution is -0.141. The van der Waals surface area contributed by atoms with Crippen LogP contribution in [0.15, 0.2) is 30.7 Å². The Kier molecular flexibility index (Phi) is 7.42. The smallest absolute Gasteiger partial charge is 0.433 e. The van der Waals surface area contributed by atoms with E-state index in [9.17, 15) is 31.5 Å². The summed E-state index contributed by atoms with van der Waals surface area (Å²) in [7, 11) is 0. The van der Waals surface area contributed by atoms with Crippen molar-refractivity contribution in [3.05, 3.63) is 42.1 Å². The molecule has 35 heavy (non-hydrogen) atoms. The topological polar surface area (TPSA) is 85.3 Å². The van der Waals surface area contributed by atoms with Crippen LogP contribution in [0.2, 0.25) is 0 Å². The lowest BCUT2D eigenvalue weighted by Crippen LogP contribution is -2.44. The SMILES string of the molecule is CC(C)(C)OC(=O)N1CC(F)(CF)C[C@H]1C(=O)CCc1cc(-c2ccc(C(F)(F)F)nc2)ncn1. The monoisotopic (exact) mass is 500 g/mol. The molecule has 0 aliphatic carbocycles. The van der Waals surface area contributed by atoms with Gasteiger partial charge in [0.1, 0.15) is 24.3 Å². The van der Waals surface area contributed by atoms with Crippen molar-refractivity contribution >= 4 is 11.9 Å². The molecule has 2 aromatic heterocycles. The molecule has 3 rings (SSSR count). The number of ketones is 1. The molecule has 1 aliphatic rings. The number of alkyl halides is 5. The predicted molar refractivity (Wildman–Crippen MR) is 115 cm³/mol. The van der Waals surface area contributed by atoms with Crippen molar-refractivity contribution in [2.75, 3.05) is 13.2 Å². The zero-order chi connectivity index (χ0) is 26.0. The molecule has 1 unspecified atom stereocenters. The van der Waals surface area contributed by atoms with Gasteiger partial charge >= 0.3 is 12.3 Å². The van der Waals surface area contributed by atoms with E-state index in [1.54, 1.807) is 20.8 Å². The highest BCUT2D eigenvalue weighted by Gasteiger charge is 2.50. The number of carbonyl (C=O) groups is 2. The van der Waals surface area contributed by atoms with Crippen LogP contribution in [0.25, 0.3) is 11.3 Å². The summed E-state index contributed by atoms with van der Waals surface area (Å²) in [5.41, 5.74) is -3.22. The second-order valence-electron chi connectivity index (χ2n) is 9.40. The van der Waals surface area contributed by atoms with Gasteiger partial charge in [0.25, 0.3) is 0 Å². The highest BCUT2D eigenvalue weighted by Crippen LogP contribution is 2.34. The Morgan fingerprint density at radius 1 is 1.17 bits per heavy atom. The summed E-state index contributed by atoms with van der Waals surface area (Å²) >= 11 is 0. The predicted octanol–water partition coefficient (Wildman–Crippen LogP) is 4.75. The number of hydrogen-bond donors (Lipinski definition) is 0. The van der Waals surface area contributed by atoms with E-state index in [-0.39, 0.29) is 12.8 Å². The maximum absolute atomic E-state index is 14.7. The van der Waals surface area contributed by atoms with Gasteiger partial charge in [-0.1, -0.05) is 0 Å². The third kappa shape index (κ3) is 6.70. The largest absolute Gasteiger partial charge is 0.444 e. The maximum atomic E-state index is 14.7. The molecule has 0 aromatic carbocycles. The lowest BCUT2D eigenvalue weighted by Gasteiger charge is -2.27. The summed E-state index contributed by atoms with van der Waals surface area (Å²) < 4.78 is 71.4. The highest BCUT2D eigenvalue weighted by atomic mass is 19.4. The van der Waals surface area contributed by atoms with Crippen LogP contribution in [0.5, 0.6) is 0 Å². The Morgan fingerprint density at radius 2 is 1.89 bits per heavy atom. The van der Waals surface area contributed by atoms with Crippen molar-refractivity contribution in [2.45, 2.75) is 63.5 Å². The number of carbonyl (C=O) groups excluding carboxylic acids is 2. The number of amides is 1. The van der Waals surface area contributed by atoms with E-state index in [4.69, 9.17) is 4.74 Å². The fraction of sp³-hybridized carbons (Fsp3) is 0.522. The Morgan fingerprint density at radius 3 is 2.46 bits per heavy atom. The van der Waals surface area contributed by atoms with Crippen LogP contribution in [0, 0.1) is 0 Å². The quantitative estimate of drug-likeness (QED) is 0.533. The van der Waals surface area contributed by atoms with E-state index >= 15 is 0 Å². The molecule has 0 saturated carbocycles. The second-order valence-corrected chi connectivity index (χ2v) is 9.40. The summed E-state index contributed by atoms with van der Waals surface area (Å²) in [4.78, 5) is 37.8. The lowest BCUT2D eigenvalue weighted by atomic mass is 9.98. The van der Waals surface area contributed by atoms with Gasteiger partial charge in [-0.3, -0.25) is 14.7 Å². The fourth-order valence-electron chi connectivity index (χ4n) is 3.66. The molecule has 2 atom stereocenters. The van der Waals surface area contributed by atoms with Crippen molar-refractivity contribution in [1.82, 2.24) is 19.9 Å². The van der Waals surface area contributed by atoms with E-state index in [1.807, 2.05) is 0 Å². The third-order valence-corrected chi connectivity index (χ3v) is 5.33. The summed E-state index contributed by atoms with van der Waals surface area (Å²) in [6.45, 7) is 2.93. The first-order valence-electron chi connectivity index (χ1n) is 10.8. The number of halogens is 5. The first kappa shape index (κ1) is 26.4. The van der Waals surface area contributed by atoms with Gasteiger partial charge in [-0.2, -0.15) is 13.2 Å². The molecule has 0 spiro atoms. The number of Topliss-reactive ketones (excluding diaryl/α,β-unsaturated/α-hetero) is 1. The Balaban J connectivity index is 1.70. The van der Waals surface area contributed by atoms with E-state index in [0.29, 0.717) is 17.0 Å². The summed E-state index contributed by atoms with van der Waals surface area (Å²) in [6.07, 6.45) is -3.75. The minimum Gasteiger partial charge on any atom is -0.444 e. The molecule has 1 saturated heterocycles. The number of rotatable bonds is 6. The summed E-state index contributed by atoms with van der Waals surface area (Å²) in [5, 5.41) is 0. The average molecular weight is 500 g/mol. The van der Waals surface area contributed by atoms with Crippen molar-refractivity contribution in [1.29, 1.82) is 0 Å². The molecule has 7 nitrogen and oxygen atoms in total. The summed E-state index contributed by atoms with van der Waals surface area (Å²) in [5.74, 6) is -0.486. The van der Waals surface area contributed by atoms with Gasteiger partial charge in [0, 0.05) is 30.3 Å². The number of likely N-dealkylation sites (tertiary alicyclic amines) is 1. The number of aryl methyl sites for hydroxylation is 1. The molecule has 1 amide bonds. The first-order chi connectivity index (χ1) is 16.2. The van der Waals surface area contributed by atoms with E-state index < -0.39 is 60.7 Å². The first-order valence-corrected chi connectivity index (χ1v) is 10.8. The van der Waals surface area contributed by atoms with Gasteiger partial charge in [0.15, 0.2) is 11.5 Å². The van der Waals surface area contributed by atoms with Gasteiger partial charge in [0.2, 0.25) is 0 Å². The van der Waals surface area contributed by atoms with Gasteiger partial charge in [-0.05, 0) is 45.4 Å². The molecule has 0 bridgehead atoms. The zero-order valence-electron chi connectivity index (χ0n) is 19.4. The maximum Gasteiger partial charge on any atom is 0.433 e. The van der Waals surface area contributed by atoms with E-state index in [1.165, 1.54) is 18.5 Å². The molecule has 1 fully saturated rings. The molecule has 1 aliphatic heterocycles. The molecule has 0 N–H and O–H groups in total. The highest BCUT2D eigenvalue weighted by molar-refractivity contribution is 5.88. The molecular formula is C23H25F5N4O3. The molecular weight excluding hydrogens is 475 g/mol. The van der Waals surface area contributed by atoms with Gasteiger partial charge in [-0.15, -0.1) is 0 Å². The van der Waals surface area contributed by atoms with Crippen LogP contribution in [0.3, 0.4) is 0 Å². The van der Waals surface area contributed by atoms with Gasteiger partial charge in [-0.25, -0.2) is 23.5 Å². The van der Waals surface area contributed by atoms with Gasteiger partial charge < -0.3 is 4.74 Å². The molecule has 2 aromatic rings. The van der Waals surface area contributed by atoms with Crippen LogP contribution in [0.4, 0.5) is 26.7 Å². The Labute approximate surface area is 198 Å². The number of pyridine rings is 1. The Bertz CT molecular complexity index is 1070. The van der Waals surface area contributed by atoms with Crippen LogP contribution in [-0.2, 0) is 22.1 Å². The molecule has 12 heteroatoms. The number of ether oxygens (including phenoxy) is 1. The van der Waals surface area contributed by atoms with Crippen LogP contribution >= 0.6 is 0 Å². The third-order valence-electron chi connectivity index (χ3n) is 5.33. The van der Waals surface area contributed by atoms with Crippen LogP contribution in [0.1, 0.15) is 45.0 Å². The zero-order valence-corrected chi connectivity index (χ0v) is 19.4. The minimum absolute atomic E-state index is 0.0932. The van der Waals surface area contributed by atoms with Crippen LogP contribution < -0.4 is 0 Å². The van der Waals surface area contributed by atoms with Crippen molar-refractivity contribution in [3.8, 4) is 11.3 Å². The number of hydrogen-bond acceptors (Lipinski definition) is 6. The van der Waals surface area contributed by atoms with E-state index in [2.05, 4.69) is 15.0 Å². The van der Waals surface area contributed by atoms with Crippen molar-refractivity contribution in [2.24, 2.45) is 0 Å². The molecule has 3 heterocycles. The molecule has 190 valence electrons. The minimum atomic E-state index is -4.57. The van der Waals surface area contributed by atoms with Gasteiger partial charge in [0.05, 0.1) is 18.3 Å². The fourth-order valence-corrected chi connectivity index (χ4v) is 3.66. The van der Waals surface area contributed by atoms with Crippen LogP contribution in [-0.4, -0.2) is 62.3 Å². The van der Waals surface area contributed by atoms with Crippen molar-refractivity contribution in [3.63, 3.8) is 0 Å². The molecule has 0 radical (unpaired) electrons. The van der Waals surface area contributed by atoms with Crippen molar-refractivity contribution < 1.29 is 36.3 Å². The number of aromatic nitrogens is 3. The standard InChI is InChI=1S/C23H25F5N4O3/c1-21(2,3)35-20(34)32-12-22(25,11-24)9-17(32)18(33)6-5-15-8-16(31-13-30-15)14-4-7-19(29-10-14)23(26,27)28/h4,7-8,10,13,17H,5-6,9,11-12H2,1-3H3/t17-,22?/m0/s1. The number of nitrogens with zero attached hydrogens (tertiary/aromatic N) is 4. The Hall–Kier alpha value is -3.18. The van der Waals surface area contributed by atoms with E-state index in [0.717, 1.165) is 17.2 Å².